The van der Waals surface area contributed by atoms with Crippen LogP contribution in [0.25, 0.3) is 0 Å². The molecule has 0 amide bonds. The predicted molar refractivity (Wildman–Crippen MR) is 56.2 cm³/mol. The molecule has 14 heavy (non-hydrogen) atoms. The Morgan fingerprint density at radius 1 is 1.57 bits per heavy atom. The Morgan fingerprint density at radius 2 is 2.21 bits per heavy atom. The number of anilines is 1. The molecule has 0 bridgehead atoms. The summed E-state index contributed by atoms with van der Waals surface area (Å²) in [6, 6.07) is 0. The second-order valence-corrected chi connectivity index (χ2v) is 3.64. The largest absolute Gasteiger partial charge is 0.389 e. The van der Waals surface area contributed by atoms with Crippen molar-refractivity contribution in [3.63, 3.8) is 0 Å². The number of aromatic nitrogens is 2. The fraction of sp³-hybridized carbons (Fsp3) is 0.429. The minimum absolute atomic E-state index is 0.0170. The Labute approximate surface area is 94.1 Å². The minimum Gasteiger partial charge on any atom is -0.389 e. The van der Waals surface area contributed by atoms with Gasteiger partial charge in [-0.3, -0.25) is 0 Å². The quantitative estimate of drug-likeness (QED) is 0.702. The highest BCUT2D eigenvalue weighted by Crippen LogP contribution is 2.19. The van der Waals surface area contributed by atoms with Crippen molar-refractivity contribution >= 4 is 33.3 Å². The second kappa shape index (κ2) is 4.88. The van der Waals surface area contributed by atoms with Crippen LogP contribution in [0.1, 0.15) is 11.8 Å². The lowest BCUT2D eigenvalue weighted by molar-refractivity contribution is 0.0313. The molecular weight excluding hydrogens is 273 g/mol. The topological polar surface area (TPSA) is 92.3 Å². The molecule has 0 aliphatic heterocycles. The summed E-state index contributed by atoms with van der Waals surface area (Å²) in [5.74, 6) is 0.0935. The number of nitrogens with two attached hydrogens (primary N) is 1. The van der Waals surface area contributed by atoms with Crippen LogP contribution in [0, 0.1) is 0 Å². The molecular formula is C7H9BrClN3O2. The number of hydrogen-bond acceptors (Lipinski definition) is 5. The lowest BCUT2D eigenvalue weighted by Crippen LogP contribution is -2.20. The van der Waals surface area contributed by atoms with Gasteiger partial charge in [0.25, 0.3) is 0 Å². The third kappa shape index (κ3) is 2.54. The standard InChI is InChI=1S/C7H9BrClN3O2/c8-1-4(13)5(14)3-2-11-7(10)6(9)12-3/h2,4-5,13-14H,1H2,(H2,10,11). The third-order valence-corrected chi connectivity index (χ3v) is 2.54. The average molecular weight is 283 g/mol. The maximum atomic E-state index is 9.52. The minimum atomic E-state index is -1.13. The highest BCUT2D eigenvalue weighted by Gasteiger charge is 2.19. The van der Waals surface area contributed by atoms with Gasteiger partial charge in [0.2, 0.25) is 0 Å². The zero-order valence-electron chi connectivity index (χ0n) is 7.06. The first-order valence-corrected chi connectivity index (χ1v) is 5.26. The summed E-state index contributed by atoms with van der Waals surface area (Å²) in [6.07, 6.45) is -0.804. The Hall–Kier alpha value is -0.430. The van der Waals surface area contributed by atoms with Crippen molar-refractivity contribution < 1.29 is 10.2 Å². The molecule has 1 heterocycles. The highest BCUT2D eigenvalue weighted by molar-refractivity contribution is 9.09. The molecule has 78 valence electrons. The van der Waals surface area contributed by atoms with Gasteiger partial charge in [-0.1, -0.05) is 27.5 Å². The number of rotatable bonds is 3. The molecule has 5 nitrogen and oxygen atoms in total. The summed E-state index contributed by atoms with van der Waals surface area (Å²) >= 11 is 8.63. The van der Waals surface area contributed by atoms with E-state index in [1.807, 2.05) is 0 Å². The van der Waals surface area contributed by atoms with Crippen LogP contribution >= 0.6 is 27.5 Å². The summed E-state index contributed by atoms with van der Waals surface area (Å²) in [7, 11) is 0. The zero-order valence-corrected chi connectivity index (χ0v) is 9.40. The van der Waals surface area contributed by atoms with Crippen LogP contribution in [0.15, 0.2) is 6.20 Å². The highest BCUT2D eigenvalue weighted by atomic mass is 79.9. The van der Waals surface area contributed by atoms with Gasteiger partial charge in [-0.05, 0) is 0 Å². The van der Waals surface area contributed by atoms with Crippen LogP contribution in [0.5, 0.6) is 0 Å². The normalized spacial score (nSPS) is 15.1. The van der Waals surface area contributed by atoms with Crippen molar-refractivity contribution in [3.05, 3.63) is 17.0 Å². The van der Waals surface area contributed by atoms with E-state index in [1.165, 1.54) is 6.20 Å². The second-order valence-electron chi connectivity index (χ2n) is 2.64. The van der Waals surface area contributed by atoms with Crippen molar-refractivity contribution in [3.8, 4) is 0 Å². The van der Waals surface area contributed by atoms with Gasteiger partial charge in [0.15, 0.2) is 11.0 Å². The van der Waals surface area contributed by atoms with Crippen LogP contribution in [-0.4, -0.2) is 31.6 Å². The van der Waals surface area contributed by atoms with Crippen molar-refractivity contribution in [2.45, 2.75) is 12.2 Å². The molecule has 4 N–H and O–H groups in total. The number of nitrogen functional groups attached to an aromatic ring is 1. The average Bonchev–Trinajstić information content (AvgIpc) is 2.20. The zero-order chi connectivity index (χ0) is 10.7. The Balaban J connectivity index is 2.91. The number of aliphatic hydroxyl groups is 2. The molecule has 0 aromatic carbocycles. The Morgan fingerprint density at radius 3 is 2.71 bits per heavy atom. The Bertz CT molecular complexity index is 326. The van der Waals surface area contributed by atoms with Crippen LogP contribution in [0.3, 0.4) is 0 Å². The van der Waals surface area contributed by atoms with Gasteiger partial charge in [0.1, 0.15) is 6.10 Å². The van der Waals surface area contributed by atoms with Gasteiger partial charge in [0.05, 0.1) is 18.0 Å². The molecule has 2 unspecified atom stereocenters. The fourth-order valence-electron chi connectivity index (χ4n) is 0.812. The first-order chi connectivity index (χ1) is 6.56. The lowest BCUT2D eigenvalue weighted by atomic mass is 10.2. The summed E-state index contributed by atoms with van der Waals surface area (Å²) in [5, 5.41) is 19.1. The van der Waals surface area contributed by atoms with Gasteiger partial charge in [-0.15, -0.1) is 0 Å². The number of alkyl halides is 1. The molecule has 0 spiro atoms. The molecule has 7 heteroatoms. The van der Waals surface area contributed by atoms with Gasteiger partial charge in [-0.25, -0.2) is 9.97 Å². The molecule has 0 fully saturated rings. The van der Waals surface area contributed by atoms with Crippen LogP contribution in [0.2, 0.25) is 5.15 Å². The van der Waals surface area contributed by atoms with E-state index >= 15 is 0 Å². The van der Waals surface area contributed by atoms with Gasteiger partial charge >= 0.3 is 0 Å². The van der Waals surface area contributed by atoms with Gasteiger partial charge in [0, 0.05) is 5.33 Å². The number of hydrogen-bond donors (Lipinski definition) is 3. The van der Waals surface area contributed by atoms with E-state index < -0.39 is 12.2 Å². The SMILES string of the molecule is Nc1ncc(C(O)C(O)CBr)nc1Cl. The van der Waals surface area contributed by atoms with Gasteiger partial charge < -0.3 is 15.9 Å². The molecule has 1 aromatic heterocycles. The molecule has 0 aliphatic rings. The molecule has 2 atom stereocenters. The summed E-state index contributed by atoms with van der Waals surface area (Å²) in [6.45, 7) is 0. The smallest absolute Gasteiger partial charge is 0.171 e. The van der Waals surface area contributed by atoms with Crippen molar-refractivity contribution in [1.29, 1.82) is 0 Å². The van der Waals surface area contributed by atoms with E-state index in [0.717, 1.165) is 0 Å². The summed E-state index contributed by atoms with van der Waals surface area (Å²) < 4.78 is 0. The molecule has 1 rings (SSSR count). The van der Waals surface area contributed by atoms with Crippen LogP contribution in [-0.2, 0) is 0 Å². The van der Waals surface area contributed by atoms with E-state index in [0.29, 0.717) is 0 Å². The van der Waals surface area contributed by atoms with Crippen LogP contribution < -0.4 is 5.73 Å². The number of aliphatic hydroxyl groups excluding tert-OH is 2. The van der Waals surface area contributed by atoms with Gasteiger partial charge in [-0.2, -0.15) is 0 Å². The fourth-order valence-corrected chi connectivity index (χ4v) is 1.31. The number of halogens is 2. The molecule has 0 radical (unpaired) electrons. The monoisotopic (exact) mass is 281 g/mol. The first kappa shape index (κ1) is 11.6. The molecule has 0 aliphatic carbocycles. The van der Waals surface area contributed by atoms with E-state index in [9.17, 15) is 10.2 Å². The van der Waals surface area contributed by atoms with E-state index in [-0.39, 0.29) is 22.0 Å². The first-order valence-electron chi connectivity index (χ1n) is 3.76. The maximum Gasteiger partial charge on any atom is 0.171 e. The molecule has 0 saturated carbocycles. The van der Waals surface area contributed by atoms with Crippen molar-refractivity contribution in [2.24, 2.45) is 0 Å². The predicted octanol–water partition coefficient (Wildman–Crippen LogP) is 0.501. The van der Waals surface area contributed by atoms with Crippen molar-refractivity contribution in [2.75, 3.05) is 11.1 Å². The summed E-state index contributed by atoms with van der Waals surface area (Å²) in [4.78, 5) is 7.50. The summed E-state index contributed by atoms with van der Waals surface area (Å²) in [5.41, 5.74) is 5.53. The number of nitrogens with zero attached hydrogens (tertiary/aromatic N) is 2. The van der Waals surface area contributed by atoms with E-state index in [2.05, 4.69) is 25.9 Å². The Kier molecular flexibility index (Phi) is 4.06. The molecule has 1 aromatic rings. The lowest BCUT2D eigenvalue weighted by Gasteiger charge is -2.14. The molecule has 0 saturated heterocycles. The van der Waals surface area contributed by atoms with E-state index in [4.69, 9.17) is 17.3 Å². The third-order valence-electron chi connectivity index (χ3n) is 1.60. The maximum absolute atomic E-state index is 9.52. The van der Waals surface area contributed by atoms with Crippen molar-refractivity contribution in [1.82, 2.24) is 9.97 Å². The van der Waals surface area contributed by atoms with Crippen LogP contribution in [0.4, 0.5) is 5.82 Å². The van der Waals surface area contributed by atoms with E-state index in [1.54, 1.807) is 0 Å².